The van der Waals surface area contributed by atoms with Gasteiger partial charge in [-0.25, -0.2) is 0 Å². The van der Waals surface area contributed by atoms with Gasteiger partial charge in [-0.2, -0.15) is 0 Å². The highest BCUT2D eigenvalue weighted by Crippen LogP contribution is 2.40. The minimum atomic E-state index is 0.444. The van der Waals surface area contributed by atoms with Gasteiger partial charge in [-0.15, -0.1) is 5.10 Å². The van der Waals surface area contributed by atoms with Crippen LogP contribution in [-0.2, 0) is 6.54 Å². The molecule has 1 aliphatic heterocycles. The van der Waals surface area contributed by atoms with Crippen molar-refractivity contribution in [2.45, 2.75) is 44.2 Å². The van der Waals surface area contributed by atoms with Crippen LogP contribution in [0.15, 0.2) is 34.7 Å². The fraction of sp³-hybridized carbons (Fsp3) is 0.556. The van der Waals surface area contributed by atoms with Crippen molar-refractivity contribution in [2.24, 2.45) is 0 Å². The Kier molecular flexibility index (Phi) is 4.04. The predicted molar refractivity (Wildman–Crippen MR) is 89.4 cm³/mol. The number of anilines is 1. The molecule has 0 amide bonds. The summed E-state index contributed by atoms with van der Waals surface area (Å²) < 4.78 is 5.86. The van der Waals surface area contributed by atoms with Gasteiger partial charge in [0.25, 0.3) is 0 Å². The molecule has 2 aromatic rings. The van der Waals surface area contributed by atoms with E-state index in [1.807, 2.05) is 0 Å². The van der Waals surface area contributed by atoms with Gasteiger partial charge in [0.1, 0.15) is 0 Å². The molecule has 1 aliphatic carbocycles. The molecule has 5 nitrogen and oxygen atoms in total. The van der Waals surface area contributed by atoms with Gasteiger partial charge < -0.3 is 9.32 Å². The Morgan fingerprint density at radius 1 is 1.17 bits per heavy atom. The first kappa shape index (κ1) is 14.7. The van der Waals surface area contributed by atoms with E-state index in [9.17, 15) is 0 Å². The summed E-state index contributed by atoms with van der Waals surface area (Å²) in [7, 11) is 2.08. The molecule has 122 valence electrons. The quantitative estimate of drug-likeness (QED) is 0.849. The van der Waals surface area contributed by atoms with Crippen LogP contribution in [0.2, 0.25) is 0 Å². The fourth-order valence-corrected chi connectivity index (χ4v) is 3.35. The number of likely N-dealkylation sites (tertiary alicyclic amines) is 1. The molecule has 2 fully saturated rings. The van der Waals surface area contributed by atoms with Crippen LogP contribution in [0.3, 0.4) is 0 Å². The number of aromatic nitrogens is 2. The van der Waals surface area contributed by atoms with Gasteiger partial charge in [0, 0.05) is 32.1 Å². The predicted octanol–water partition coefficient (Wildman–Crippen LogP) is 3.05. The van der Waals surface area contributed by atoms with Crippen LogP contribution < -0.4 is 4.90 Å². The fourth-order valence-electron chi connectivity index (χ4n) is 3.35. The van der Waals surface area contributed by atoms with E-state index < -0.39 is 0 Å². The number of nitrogens with zero attached hydrogens (tertiary/aromatic N) is 4. The van der Waals surface area contributed by atoms with E-state index in [1.54, 1.807) is 0 Å². The molecule has 1 atom stereocenters. The van der Waals surface area contributed by atoms with Crippen LogP contribution in [-0.4, -0.2) is 41.3 Å². The average molecular weight is 312 g/mol. The Bertz CT molecular complexity index is 637. The van der Waals surface area contributed by atoms with Gasteiger partial charge >= 0.3 is 6.01 Å². The smallest absolute Gasteiger partial charge is 0.318 e. The van der Waals surface area contributed by atoms with Crippen molar-refractivity contribution in [1.29, 1.82) is 0 Å². The first-order valence-electron chi connectivity index (χ1n) is 8.62. The molecule has 1 aromatic carbocycles. The summed E-state index contributed by atoms with van der Waals surface area (Å²) in [5.41, 5.74) is 1.38. The summed E-state index contributed by atoms with van der Waals surface area (Å²) in [6.07, 6.45) is 4.79. The molecule has 0 bridgehead atoms. The maximum Gasteiger partial charge on any atom is 0.318 e. The van der Waals surface area contributed by atoms with Crippen LogP contribution in [0.1, 0.15) is 43.1 Å². The maximum atomic E-state index is 5.86. The Balaban J connectivity index is 1.39. The molecule has 2 heterocycles. The van der Waals surface area contributed by atoms with Crippen molar-refractivity contribution >= 4 is 6.01 Å². The van der Waals surface area contributed by atoms with Crippen LogP contribution in [0, 0.1) is 0 Å². The average Bonchev–Trinajstić information content (AvgIpc) is 3.33. The molecule has 2 aliphatic rings. The molecule has 23 heavy (non-hydrogen) atoms. The Hall–Kier alpha value is -1.88. The minimum Gasteiger partial charge on any atom is -0.408 e. The lowest BCUT2D eigenvalue weighted by Gasteiger charge is -2.36. The number of piperidine rings is 1. The highest BCUT2D eigenvalue weighted by atomic mass is 16.4. The molecule has 5 heteroatoms. The zero-order valence-corrected chi connectivity index (χ0v) is 13.7. The van der Waals surface area contributed by atoms with Crippen LogP contribution in [0.4, 0.5) is 6.01 Å². The lowest BCUT2D eigenvalue weighted by Crippen LogP contribution is -2.46. The Morgan fingerprint density at radius 2 is 2.00 bits per heavy atom. The molecule has 0 radical (unpaired) electrons. The van der Waals surface area contributed by atoms with E-state index in [2.05, 4.69) is 57.4 Å². The van der Waals surface area contributed by atoms with Gasteiger partial charge in [0.05, 0.1) is 0 Å². The summed E-state index contributed by atoms with van der Waals surface area (Å²) in [6, 6.07) is 11.8. The lowest BCUT2D eigenvalue weighted by molar-refractivity contribution is 0.196. The highest BCUT2D eigenvalue weighted by Gasteiger charge is 2.31. The molecule has 1 aromatic heterocycles. The van der Waals surface area contributed by atoms with E-state index in [0.717, 1.165) is 25.5 Å². The maximum absolute atomic E-state index is 5.86. The largest absolute Gasteiger partial charge is 0.408 e. The second-order valence-corrected chi connectivity index (χ2v) is 6.82. The molecular formula is C18H24N4O. The van der Waals surface area contributed by atoms with Crippen molar-refractivity contribution in [3.63, 3.8) is 0 Å². The molecule has 0 N–H and O–H groups in total. The zero-order chi connectivity index (χ0) is 15.6. The topological polar surface area (TPSA) is 45.4 Å². The second-order valence-electron chi connectivity index (χ2n) is 6.82. The van der Waals surface area contributed by atoms with Crippen LogP contribution >= 0.6 is 0 Å². The first-order valence-corrected chi connectivity index (χ1v) is 8.62. The SMILES string of the molecule is CN(c1nnc(C2CC2)o1)C1CCCN(Cc2ccccc2)C1. The van der Waals surface area contributed by atoms with Crippen molar-refractivity contribution in [3.8, 4) is 0 Å². The van der Waals surface area contributed by atoms with Crippen LogP contribution in [0.5, 0.6) is 0 Å². The third-order valence-electron chi connectivity index (χ3n) is 4.94. The third kappa shape index (κ3) is 3.39. The van der Waals surface area contributed by atoms with E-state index >= 15 is 0 Å². The number of likely N-dealkylation sites (N-methyl/N-ethyl adjacent to an activating group) is 1. The summed E-state index contributed by atoms with van der Waals surface area (Å²) in [6.45, 7) is 3.23. The monoisotopic (exact) mass is 312 g/mol. The zero-order valence-electron chi connectivity index (χ0n) is 13.7. The van der Waals surface area contributed by atoms with Crippen molar-refractivity contribution < 1.29 is 4.42 Å². The highest BCUT2D eigenvalue weighted by molar-refractivity contribution is 5.26. The molecule has 1 saturated carbocycles. The molecule has 4 rings (SSSR count). The molecule has 1 unspecified atom stereocenters. The van der Waals surface area contributed by atoms with Gasteiger partial charge in [-0.3, -0.25) is 4.90 Å². The van der Waals surface area contributed by atoms with E-state index in [1.165, 1.54) is 31.2 Å². The Labute approximate surface area is 137 Å². The van der Waals surface area contributed by atoms with Gasteiger partial charge in [-0.1, -0.05) is 35.4 Å². The molecular weight excluding hydrogens is 288 g/mol. The standard InChI is InChI=1S/C18H24N4O/c1-21(18-20-19-17(23-18)15-9-10-15)16-8-5-11-22(13-16)12-14-6-3-2-4-7-14/h2-4,6-7,15-16H,5,8-13H2,1H3. The number of hydrogen-bond donors (Lipinski definition) is 0. The second kappa shape index (κ2) is 6.32. The summed E-state index contributed by atoms with van der Waals surface area (Å²) in [5, 5.41) is 8.46. The van der Waals surface area contributed by atoms with Crippen molar-refractivity contribution in [2.75, 3.05) is 25.0 Å². The number of benzene rings is 1. The van der Waals surface area contributed by atoms with E-state index in [-0.39, 0.29) is 0 Å². The van der Waals surface area contributed by atoms with Crippen molar-refractivity contribution in [1.82, 2.24) is 15.1 Å². The van der Waals surface area contributed by atoms with Crippen molar-refractivity contribution in [3.05, 3.63) is 41.8 Å². The van der Waals surface area contributed by atoms with Gasteiger partial charge in [0.2, 0.25) is 5.89 Å². The van der Waals surface area contributed by atoms with E-state index in [0.29, 0.717) is 18.0 Å². The third-order valence-corrected chi connectivity index (χ3v) is 4.94. The van der Waals surface area contributed by atoms with Gasteiger partial charge in [-0.05, 0) is 37.8 Å². The molecule has 0 spiro atoms. The molecule has 1 saturated heterocycles. The minimum absolute atomic E-state index is 0.444. The van der Waals surface area contributed by atoms with Crippen LogP contribution in [0.25, 0.3) is 0 Å². The summed E-state index contributed by atoms with van der Waals surface area (Å²) in [4.78, 5) is 4.70. The first-order chi connectivity index (χ1) is 11.3. The summed E-state index contributed by atoms with van der Waals surface area (Å²) >= 11 is 0. The number of hydrogen-bond acceptors (Lipinski definition) is 5. The normalized spacial score (nSPS) is 22.2. The summed E-state index contributed by atoms with van der Waals surface area (Å²) in [5.74, 6) is 1.34. The number of rotatable bonds is 5. The lowest BCUT2D eigenvalue weighted by atomic mass is 10.0. The Morgan fingerprint density at radius 3 is 2.78 bits per heavy atom. The van der Waals surface area contributed by atoms with Gasteiger partial charge in [0.15, 0.2) is 0 Å². The van der Waals surface area contributed by atoms with E-state index in [4.69, 9.17) is 4.42 Å².